The van der Waals surface area contributed by atoms with Crippen LogP contribution in [0.25, 0.3) is 0 Å². The largest absolute Gasteiger partial charge is 0.340 e. The summed E-state index contributed by atoms with van der Waals surface area (Å²) in [5.74, 6) is 0.539. The van der Waals surface area contributed by atoms with Crippen LogP contribution in [-0.4, -0.2) is 5.91 Å². The minimum atomic E-state index is -0.115. The smallest absolute Gasteiger partial charge is 0.290 e. The van der Waals surface area contributed by atoms with E-state index in [4.69, 9.17) is 0 Å². The third-order valence-electron chi connectivity index (χ3n) is 1.92. The molecule has 0 saturated carbocycles. The van der Waals surface area contributed by atoms with E-state index < -0.39 is 0 Å². The van der Waals surface area contributed by atoms with Crippen LogP contribution in [0, 0.1) is 5.92 Å². The van der Waals surface area contributed by atoms with Crippen molar-refractivity contribution in [3.63, 3.8) is 0 Å². The van der Waals surface area contributed by atoms with Gasteiger partial charge in [0.25, 0.3) is 0 Å². The molecule has 0 aliphatic carbocycles. The Morgan fingerprint density at radius 2 is 1.85 bits per heavy atom. The summed E-state index contributed by atoms with van der Waals surface area (Å²) in [6.07, 6.45) is 1.06. The van der Waals surface area contributed by atoms with Gasteiger partial charge >= 0.3 is 5.91 Å². The molecule has 0 aromatic heterocycles. The highest BCUT2D eigenvalue weighted by atomic mass is 16.1. The fourth-order valence-corrected chi connectivity index (χ4v) is 1.30. The van der Waals surface area contributed by atoms with E-state index in [-0.39, 0.29) is 5.91 Å². The molecular formula is C11H16NO+. The highest BCUT2D eigenvalue weighted by Gasteiger charge is 2.03. The van der Waals surface area contributed by atoms with E-state index in [0.717, 1.165) is 6.42 Å². The maximum atomic E-state index is 10.9. The molecule has 2 nitrogen and oxygen atoms in total. The molecule has 0 heterocycles. The van der Waals surface area contributed by atoms with Gasteiger partial charge in [-0.2, -0.15) is 0 Å². The third kappa shape index (κ3) is 2.99. The van der Waals surface area contributed by atoms with E-state index in [0.29, 0.717) is 11.5 Å². The molecule has 1 aromatic rings. The molecule has 1 amide bonds. The van der Waals surface area contributed by atoms with Crippen LogP contribution in [0.5, 0.6) is 0 Å². The fourth-order valence-electron chi connectivity index (χ4n) is 1.30. The summed E-state index contributed by atoms with van der Waals surface area (Å²) in [6.45, 7) is 4.36. The van der Waals surface area contributed by atoms with Crippen molar-refractivity contribution in [3.8, 4) is 0 Å². The lowest BCUT2D eigenvalue weighted by molar-refractivity contribution is -0.255. The number of quaternary nitrogens is 1. The van der Waals surface area contributed by atoms with Gasteiger partial charge in [0.05, 0.1) is 5.56 Å². The highest BCUT2D eigenvalue weighted by molar-refractivity contribution is 5.85. The fraction of sp³-hybridized carbons (Fsp3) is 0.364. The zero-order valence-electron chi connectivity index (χ0n) is 8.21. The predicted octanol–water partition coefficient (Wildman–Crippen LogP) is 1.27. The van der Waals surface area contributed by atoms with E-state index in [9.17, 15) is 4.79 Å². The zero-order chi connectivity index (χ0) is 9.84. The van der Waals surface area contributed by atoms with Gasteiger partial charge in [0.1, 0.15) is 0 Å². The normalized spacial score (nSPS) is 10.5. The molecule has 0 fully saturated rings. The van der Waals surface area contributed by atoms with E-state index in [1.54, 1.807) is 0 Å². The molecule has 70 valence electrons. The second kappa shape index (κ2) is 4.19. The van der Waals surface area contributed by atoms with Gasteiger partial charge in [-0.3, -0.25) is 5.73 Å². The van der Waals surface area contributed by atoms with Gasteiger partial charge in [0.2, 0.25) is 0 Å². The van der Waals surface area contributed by atoms with Crippen LogP contribution in [0.2, 0.25) is 0 Å². The molecule has 2 heteroatoms. The summed E-state index contributed by atoms with van der Waals surface area (Å²) in [5.41, 5.74) is 5.33. The van der Waals surface area contributed by atoms with Crippen molar-refractivity contribution < 1.29 is 10.5 Å². The number of carbonyl (C=O) groups is 1. The molecule has 0 aliphatic heterocycles. The summed E-state index contributed by atoms with van der Waals surface area (Å²) in [6, 6.07) is 7.68. The lowest BCUT2D eigenvalue weighted by Gasteiger charge is -2.04. The summed E-state index contributed by atoms with van der Waals surface area (Å²) < 4.78 is 0. The first-order chi connectivity index (χ1) is 6.09. The lowest BCUT2D eigenvalue weighted by atomic mass is 10.0. The monoisotopic (exact) mass is 178 g/mol. The minimum Gasteiger partial charge on any atom is -0.290 e. The average Bonchev–Trinajstić information content (AvgIpc) is 2.04. The van der Waals surface area contributed by atoms with Crippen molar-refractivity contribution in [2.24, 2.45) is 5.92 Å². The quantitative estimate of drug-likeness (QED) is 0.744. The van der Waals surface area contributed by atoms with Crippen molar-refractivity contribution >= 4 is 5.91 Å². The van der Waals surface area contributed by atoms with Crippen molar-refractivity contribution in [2.45, 2.75) is 20.3 Å². The SMILES string of the molecule is CC(C)Cc1ccc(C([NH3+])=O)cc1. The lowest BCUT2D eigenvalue weighted by Crippen LogP contribution is -2.56. The van der Waals surface area contributed by atoms with Crippen molar-refractivity contribution in [1.82, 2.24) is 0 Å². The van der Waals surface area contributed by atoms with Crippen LogP contribution < -0.4 is 5.73 Å². The Hall–Kier alpha value is -1.15. The first-order valence-corrected chi connectivity index (χ1v) is 4.55. The Bertz CT molecular complexity index is 287. The molecule has 0 saturated heterocycles. The number of rotatable bonds is 3. The van der Waals surface area contributed by atoms with Crippen molar-refractivity contribution in [3.05, 3.63) is 35.4 Å². The second-order valence-corrected chi connectivity index (χ2v) is 3.72. The van der Waals surface area contributed by atoms with Gasteiger partial charge in [-0.15, -0.1) is 0 Å². The molecule has 0 aliphatic rings. The Balaban J connectivity index is 2.75. The van der Waals surface area contributed by atoms with Gasteiger partial charge in [-0.05, 0) is 30.0 Å². The number of hydrogen-bond acceptors (Lipinski definition) is 1. The molecule has 3 N–H and O–H groups in total. The molecule has 1 aromatic carbocycles. The first kappa shape index (κ1) is 9.93. The molecule has 0 unspecified atom stereocenters. The minimum absolute atomic E-state index is 0.115. The van der Waals surface area contributed by atoms with Gasteiger partial charge in [-0.1, -0.05) is 26.0 Å². The molecule has 1 rings (SSSR count). The molecule has 0 spiro atoms. The molecule has 13 heavy (non-hydrogen) atoms. The van der Waals surface area contributed by atoms with E-state index in [1.165, 1.54) is 5.56 Å². The topological polar surface area (TPSA) is 44.7 Å². The average molecular weight is 178 g/mol. The second-order valence-electron chi connectivity index (χ2n) is 3.72. The number of hydrogen-bond donors (Lipinski definition) is 1. The van der Waals surface area contributed by atoms with Crippen LogP contribution >= 0.6 is 0 Å². The third-order valence-corrected chi connectivity index (χ3v) is 1.92. The maximum Gasteiger partial charge on any atom is 0.340 e. The van der Waals surface area contributed by atoms with E-state index in [1.807, 2.05) is 24.3 Å². The Morgan fingerprint density at radius 3 is 2.23 bits per heavy atom. The van der Waals surface area contributed by atoms with Gasteiger partial charge in [0, 0.05) is 0 Å². The molecule has 0 radical (unpaired) electrons. The molecule has 0 bridgehead atoms. The molecule has 0 atom stereocenters. The van der Waals surface area contributed by atoms with Crippen LogP contribution in [0.3, 0.4) is 0 Å². The summed E-state index contributed by atoms with van der Waals surface area (Å²) in [4.78, 5) is 10.9. The Labute approximate surface area is 78.8 Å². The van der Waals surface area contributed by atoms with Crippen molar-refractivity contribution in [2.75, 3.05) is 0 Å². The number of carbonyl (C=O) groups excluding carboxylic acids is 1. The summed E-state index contributed by atoms with van der Waals surface area (Å²) >= 11 is 0. The van der Waals surface area contributed by atoms with Crippen LogP contribution in [0.1, 0.15) is 29.8 Å². The first-order valence-electron chi connectivity index (χ1n) is 4.55. The summed E-state index contributed by atoms with van der Waals surface area (Å²) in [5, 5.41) is 0. The van der Waals surface area contributed by atoms with Crippen molar-refractivity contribution in [1.29, 1.82) is 0 Å². The Morgan fingerprint density at radius 1 is 1.31 bits per heavy atom. The van der Waals surface area contributed by atoms with Gasteiger partial charge in [0.15, 0.2) is 0 Å². The van der Waals surface area contributed by atoms with Crippen LogP contribution in [0.4, 0.5) is 0 Å². The maximum absolute atomic E-state index is 10.9. The van der Waals surface area contributed by atoms with E-state index in [2.05, 4.69) is 19.6 Å². The predicted molar refractivity (Wildman–Crippen MR) is 52.2 cm³/mol. The van der Waals surface area contributed by atoms with Gasteiger partial charge < -0.3 is 0 Å². The van der Waals surface area contributed by atoms with Crippen LogP contribution in [-0.2, 0) is 6.42 Å². The van der Waals surface area contributed by atoms with Crippen LogP contribution in [0.15, 0.2) is 24.3 Å². The zero-order valence-corrected chi connectivity index (χ0v) is 8.21. The number of benzene rings is 1. The highest BCUT2D eigenvalue weighted by Crippen LogP contribution is 2.08. The van der Waals surface area contributed by atoms with Gasteiger partial charge in [-0.25, -0.2) is 4.79 Å². The van der Waals surface area contributed by atoms with E-state index >= 15 is 0 Å². The molecular weight excluding hydrogens is 162 g/mol. The number of amides is 1. The summed E-state index contributed by atoms with van der Waals surface area (Å²) in [7, 11) is 0. The Kier molecular flexibility index (Phi) is 3.20. The standard InChI is InChI=1S/C11H15NO/c1-8(2)7-9-3-5-10(6-4-9)11(12)13/h3-6,8H,7H2,1-2H3,(H2,12,13)/p+1.